The number of amides is 2. The van der Waals surface area contributed by atoms with Crippen LogP contribution in [0.1, 0.15) is 23.7 Å². The van der Waals surface area contributed by atoms with Crippen LogP contribution in [0.2, 0.25) is 0 Å². The van der Waals surface area contributed by atoms with E-state index in [0.29, 0.717) is 0 Å². The standard InChI is InChI=1S/C19H22N2O8/c1-11-8-9-29-19(16(25)20-18(11,27)15(24)21-19)14(23)17(2,26)10-28-13(22)12-6-4-3-5-7-12/h3-7,14,23,26-27H,1,8-10H2,2H3,(H,20,25)(H,21,24)/t14-,17?,18+,19-/m0/s1. The highest BCUT2D eigenvalue weighted by Gasteiger charge is 2.63. The first-order valence-corrected chi connectivity index (χ1v) is 8.85. The average molecular weight is 406 g/mol. The second-order valence-corrected chi connectivity index (χ2v) is 7.26. The predicted octanol–water partition coefficient (Wildman–Crippen LogP) is -1.44. The topological polar surface area (TPSA) is 154 Å². The number of nitrogens with one attached hydrogen (secondary N) is 2. The van der Waals surface area contributed by atoms with Gasteiger partial charge >= 0.3 is 5.97 Å². The third-order valence-corrected chi connectivity index (χ3v) is 4.98. The fourth-order valence-corrected chi connectivity index (χ4v) is 3.15. The van der Waals surface area contributed by atoms with Crippen LogP contribution in [0, 0.1) is 0 Å². The van der Waals surface area contributed by atoms with Crippen molar-refractivity contribution in [2.75, 3.05) is 13.2 Å². The summed E-state index contributed by atoms with van der Waals surface area (Å²) in [5, 5.41) is 36.1. The van der Waals surface area contributed by atoms with Gasteiger partial charge in [-0.2, -0.15) is 0 Å². The predicted molar refractivity (Wildman–Crippen MR) is 97.0 cm³/mol. The van der Waals surface area contributed by atoms with Crippen molar-refractivity contribution in [3.8, 4) is 0 Å². The molecular formula is C19H22N2O8. The molecule has 0 aromatic heterocycles. The Morgan fingerprint density at radius 3 is 2.62 bits per heavy atom. The zero-order chi connectivity index (χ0) is 21.4. The summed E-state index contributed by atoms with van der Waals surface area (Å²) in [4.78, 5) is 37.2. The molecule has 3 aliphatic rings. The molecule has 1 aromatic rings. The van der Waals surface area contributed by atoms with Crippen molar-refractivity contribution in [1.29, 1.82) is 0 Å². The van der Waals surface area contributed by atoms with E-state index in [2.05, 4.69) is 17.2 Å². The molecule has 2 bridgehead atoms. The summed E-state index contributed by atoms with van der Waals surface area (Å²) < 4.78 is 10.5. The fraction of sp³-hybridized carbons (Fsp3) is 0.421. The molecule has 29 heavy (non-hydrogen) atoms. The van der Waals surface area contributed by atoms with Crippen LogP contribution in [0.4, 0.5) is 0 Å². The molecule has 0 spiro atoms. The van der Waals surface area contributed by atoms with Crippen molar-refractivity contribution in [2.24, 2.45) is 0 Å². The first-order chi connectivity index (χ1) is 13.5. The molecule has 4 rings (SSSR count). The number of benzene rings is 1. The van der Waals surface area contributed by atoms with Crippen molar-refractivity contribution in [3.63, 3.8) is 0 Å². The number of hydrogen-bond acceptors (Lipinski definition) is 8. The number of carbonyl (C=O) groups excluding carboxylic acids is 3. The zero-order valence-corrected chi connectivity index (χ0v) is 15.7. The number of esters is 1. The number of aliphatic hydroxyl groups excluding tert-OH is 1. The number of fused-ring (bicyclic) bond motifs is 5. The van der Waals surface area contributed by atoms with Crippen molar-refractivity contribution in [1.82, 2.24) is 10.6 Å². The van der Waals surface area contributed by atoms with Gasteiger partial charge in [0.25, 0.3) is 17.5 Å². The lowest BCUT2D eigenvalue weighted by Gasteiger charge is -2.49. The summed E-state index contributed by atoms with van der Waals surface area (Å²) in [5.41, 5.74) is -6.71. The lowest BCUT2D eigenvalue weighted by Crippen LogP contribution is -2.82. The zero-order valence-electron chi connectivity index (χ0n) is 15.7. The number of rotatable bonds is 5. The Hall–Kier alpha value is -2.79. The minimum atomic E-state index is -2.40. The van der Waals surface area contributed by atoms with Gasteiger partial charge in [0.05, 0.1) is 12.2 Å². The van der Waals surface area contributed by atoms with E-state index in [1.54, 1.807) is 18.2 Å². The minimum absolute atomic E-state index is 0.00897. The van der Waals surface area contributed by atoms with Crippen LogP contribution in [-0.2, 0) is 19.1 Å². The van der Waals surface area contributed by atoms with E-state index >= 15 is 0 Å². The third-order valence-electron chi connectivity index (χ3n) is 4.98. The Labute approximate surface area is 166 Å². The van der Waals surface area contributed by atoms with Gasteiger partial charge in [-0.15, -0.1) is 0 Å². The van der Waals surface area contributed by atoms with E-state index < -0.39 is 47.5 Å². The smallest absolute Gasteiger partial charge is 0.338 e. The van der Waals surface area contributed by atoms with Crippen LogP contribution < -0.4 is 10.6 Å². The van der Waals surface area contributed by atoms with Gasteiger partial charge < -0.3 is 35.4 Å². The maximum Gasteiger partial charge on any atom is 0.338 e. The molecule has 1 aromatic carbocycles. The number of carbonyl (C=O) groups is 3. The van der Waals surface area contributed by atoms with Crippen molar-refractivity contribution < 1.29 is 39.2 Å². The van der Waals surface area contributed by atoms with Gasteiger partial charge in [-0.3, -0.25) is 9.59 Å². The normalized spacial score (nSPS) is 29.7. The highest BCUT2D eigenvalue weighted by Crippen LogP contribution is 2.33. The van der Waals surface area contributed by atoms with E-state index in [4.69, 9.17) is 9.47 Å². The van der Waals surface area contributed by atoms with Gasteiger partial charge in [-0.1, -0.05) is 24.8 Å². The molecule has 2 amide bonds. The Bertz CT molecular complexity index is 855. The maximum atomic E-state index is 12.7. The van der Waals surface area contributed by atoms with Crippen LogP contribution in [0.25, 0.3) is 0 Å². The Balaban J connectivity index is 1.80. The van der Waals surface area contributed by atoms with E-state index in [9.17, 15) is 29.7 Å². The summed E-state index contributed by atoms with van der Waals surface area (Å²) in [7, 11) is 0. The summed E-state index contributed by atoms with van der Waals surface area (Å²) in [6, 6.07) is 7.98. The quantitative estimate of drug-likeness (QED) is 0.294. The second kappa shape index (κ2) is 7.23. The highest BCUT2D eigenvalue weighted by molar-refractivity contribution is 6.03. The number of ether oxygens (including phenoxy) is 2. The van der Waals surface area contributed by atoms with Crippen LogP contribution in [0.3, 0.4) is 0 Å². The largest absolute Gasteiger partial charge is 0.459 e. The Morgan fingerprint density at radius 2 is 1.97 bits per heavy atom. The van der Waals surface area contributed by atoms with Crippen molar-refractivity contribution in [2.45, 2.75) is 36.5 Å². The molecule has 10 heteroatoms. The summed E-state index contributed by atoms with van der Waals surface area (Å²) in [5.74, 6) is -2.91. The second-order valence-electron chi connectivity index (χ2n) is 7.26. The molecule has 10 nitrogen and oxygen atoms in total. The molecule has 0 radical (unpaired) electrons. The van der Waals surface area contributed by atoms with Gasteiger partial charge in [0, 0.05) is 0 Å². The van der Waals surface area contributed by atoms with Crippen LogP contribution in [-0.4, -0.2) is 69.5 Å². The van der Waals surface area contributed by atoms with E-state index in [1.807, 2.05) is 0 Å². The first-order valence-electron chi connectivity index (χ1n) is 8.85. The SMILES string of the molecule is C=C1CCO[C@]2([C@@H](O)C(C)(O)COC(=O)c3ccccc3)NC(=O)[C@@]1(O)NC2=O. The Morgan fingerprint density at radius 1 is 1.31 bits per heavy atom. The molecular weight excluding hydrogens is 384 g/mol. The molecule has 4 atom stereocenters. The summed E-state index contributed by atoms with van der Waals surface area (Å²) >= 11 is 0. The van der Waals surface area contributed by atoms with Crippen LogP contribution in [0.15, 0.2) is 42.5 Å². The van der Waals surface area contributed by atoms with E-state index in [0.717, 1.165) is 6.92 Å². The molecule has 3 aliphatic heterocycles. The number of piperazine rings is 1. The molecule has 156 valence electrons. The number of hydrogen-bond donors (Lipinski definition) is 5. The van der Waals surface area contributed by atoms with Gasteiger partial charge in [0.15, 0.2) is 0 Å². The average Bonchev–Trinajstić information content (AvgIpc) is 2.69. The number of aliphatic hydroxyl groups is 3. The fourth-order valence-electron chi connectivity index (χ4n) is 3.15. The van der Waals surface area contributed by atoms with E-state index in [1.165, 1.54) is 12.1 Å². The van der Waals surface area contributed by atoms with Crippen molar-refractivity contribution in [3.05, 3.63) is 48.0 Å². The van der Waals surface area contributed by atoms with Gasteiger partial charge in [-0.25, -0.2) is 4.79 Å². The monoisotopic (exact) mass is 406 g/mol. The summed E-state index contributed by atoms with van der Waals surface area (Å²) in [6.45, 7) is 3.81. The molecule has 0 saturated carbocycles. The van der Waals surface area contributed by atoms with Gasteiger partial charge in [0.1, 0.15) is 18.3 Å². The third kappa shape index (κ3) is 3.51. The summed E-state index contributed by atoms with van der Waals surface area (Å²) in [6.07, 6.45) is -2.03. The van der Waals surface area contributed by atoms with Crippen LogP contribution in [0.5, 0.6) is 0 Å². The van der Waals surface area contributed by atoms with Crippen molar-refractivity contribution >= 4 is 17.8 Å². The highest BCUT2D eigenvalue weighted by atomic mass is 16.6. The molecule has 0 aliphatic carbocycles. The molecule has 3 fully saturated rings. The van der Waals surface area contributed by atoms with E-state index in [-0.39, 0.29) is 24.2 Å². The minimum Gasteiger partial charge on any atom is -0.459 e. The molecule has 5 N–H and O–H groups in total. The Kier molecular flexibility index (Phi) is 5.22. The lowest BCUT2D eigenvalue weighted by molar-refractivity contribution is -0.230. The van der Waals surface area contributed by atoms with Gasteiger partial charge in [-0.05, 0) is 31.1 Å². The molecule has 3 saturated heterocycles. The first kappa shape index (κ1) is 20.9. The molecule has 1 unspecified atom stereocenters. The lowest BCUT2D eigenvalue weighted by atomic mass is 9.85. The maximum absolute atomic E-state index is 12.7. The van der Waals surface area contributed by atoms with Crippen LogP contribution >= 0.6 is 0 Å². The van der Waals surface area contributed by atoms with Gasteiger partial charge in [0.2, 0.25) is 5.72 Å². The molecule has 3 heterocycles.